The molecule has 4 fully saturated rings. The summed E-state index contributed by atoms with van der Waals surface area (Å²) in [5.74, 6) is 0. The topological polar surface area (TPSA) is 198 Å². The van der Waals surface area contributed by atoms with Crippen LogP contribution in [-0.2, 0) is 37.6 Å². The van der Waals surface area contributed by atoms with E-state index >= 15 is 0 Å². The zero-order valence-electron chi connectivity index (χ0n) is 47.9. The highest BCUT2D eigenvalue weighted by atomic mass is 35.7. The highest BCUT2D eigenvalue weighted by Crippen LogP contribution is 2.32. The number of piperidine rings is 4. The molecule has 2 N–H and O–H groups in total. The lowest BCUT2D eigenvalue weighted by atomic mass is 10.1. The molecule has 4 saturated heterocycles. The molecule has 4 aliphatic rings. The largest absolute Gasteiger partial charge is 0.444 e. The molecule has 0 spiro atoms. The second-order valence-corrected chi connectivity index (χ2v) is 31.3. The van der Waals surface area contributed by atoms with Gasteiger partial charge in [0.2, 0.25) is 9.05 Å². The first-order valence-electron chi connectivity index (χ1n) is 26.3. The van der Waals surface area contributed by atoms with Crippen LogP contribution < -0.4 is 5.32 Å². The zero-order valence-corrected chi connectivity index (χ0v) is 55.1. The summed E-state index contributed by atoms with van der Waals surface area (Å²) in [6, 6.07) is 23.4. The molecule has 4 heterocycles. The van der Waals surface area contributed by atoms with Gasteiger partial charge in [-0.05, 0) is 200 Å². The number of halogens is 4. The van der Waals surface area contributed by atoms with Gasteiger partial charge in [-0.3, -0.25) is 4.18 Å². The predicted molar refractivity (Wildman–Crippen MR) is 331 cm³/mol. The minimum atomic E-state index is -3.42. The van der Waals surface area contributed by atoms with E-state index in [0.29, 0.717) is 57.1 Å². The number of benzene rings is 3. The smallest absolute Gasteiger partial charge is 0.410 e. The van der Waals surface area contributed by atoms with Crippen molar-refractivity contribution in [1.29, 1.82) is 0 Å². The van der Waals surface area contributed by atoms with E-state index in [1.54, 1.807) is 9.80 Å². The summed E-state index contributed by atoms with van der Waals surface area (Å²) in [4.78, 5) is 43.8. The van der Waals surface area contributed by atoms with E-state index in [0.717, 1.165) is 76.7 Å². The summed E-state index contributed by atoms with van der Waals surface area (Å²) < 4.78 is 61.5. The summed E-state index contributed by atoms with van der Waals surface area (Å²) in [5, 5.41) is 16.3. The number of rotatable bonds is 6. The molecule has 7 rings (SSSR count). The fourth-order valence-corrected chi connectivity index (χ4v) is 10.8. The van der Waals surface area contributed by atoms with Crippen LogP contribution >= 0.6 is 81.6 Å². The fraction of sp³-hybridized carbons (Fsp3) is 0.618. The normalized spacial score (nSPS) is 16.9. The summed E-state index contributed by atoms with van der Waals surface area (Å²) in [5.41, 5.74) is -1.38. The molecule has 0 aromatic heterocycles. The number of thiol groups is 1. The Morgan fingerprint density at radius 3 is 1.12 bits per heavy atom. The molecule has 4 aliphatic heterocycles. The number of carbonyl (C=O) groups excluding carboxylic acids is 3. The molecule has 80 heavy (non-hydrogen) atoms. The number of hydrogen-bond acceptors (Lipinski definition) is 16. The Morgan fingerprint density at radius 1 is 0.537 bits per heavy atom. The van der Waals surface area contributed by atoms with E-state index in [4.69, 9.17) is 53.2 Å². The number of carbonyl (C=O) groups is 3. The van der Waals surface area contributed by atoms with Crippen molar-refractivity contribution in [2.24, 2.45) is 0 Å². The molecule has 3 aromatic carbocycles. The van der Waals surface area contributed by atoms with E-state index in [-0.39, 0.29) is 30.5 Å². The molecule has 0 radical (unpaired) electrons. The predicted octanol–water partition coefficient (Wildman–Crippen LogP) is 13.6. The number of aliphatic hydroxyl groups excluding tert-OH is 1. The molecule has 0 bridgehead atoms. The van der Waals surface area contributed by atoms with Gasteiger partial charge in [0, 0.05) is 90.2 Å². The van der Waals surface area contributed by atoms with Crippen molar-refractivity contribution >= 4 is 119 Å². The maximum absolute atomic E-state index is 12.0. The van der Waals surface area contributed by atoms with Crippen LogP contribution in [0, 0.1) is 0 Å². The van der Waals surface area contributed by atoms with E-state index in [2.05, 4.69) is 40.8 Å². The van der Waals surface area contributed by atoms with Crippen LogP contribution in [0.1, 0.15) is 114 Å². The van der Waals surface area contributed by atoms with Gasteiger partial charge in [0.25, 0.3) is 10.1 Å². The second-order valence-electron chi connectivity index (χ2n) is 22.1. The van der Waals surface area contributed by atoms with Crippen LogP contribution in [0.4, 0.5) is 14.4 Å². The number of nitrogens with one attached hydrogen (secondary N) is 1. The second kappa shape index (κ2) is 35.7. The Labute approximate surface area is 510 Å². The van der Waals surface area contributed by atoms with E-state index in [9.17, 15) is 36.3 Å². The Morgan fingerprint density at radius 2 is 0.825 bits per heavy atom. The molecular formula is C55H84Cl4N4O12S5. The minimum absolute atomic E-state index is 0.197. The van der Waals surface area contributed by atoms with Crippen LogP contribution in [0.2, 0.25) is 15.1 Å². The third kappa shape index (κ3) is 37.6. The van der Waals surface area contributed by atoms with Crippen molar-refractivity contribution in [3.8, 4) is 0 Å². The van der Waals surface area contributed by atoms with Gasteiger partial charge >= 0.3 is 18.3 Å². The Bertz CT molecular complexity index is 2480. The lowest BCUT2D eigenvalue weighted by Gasteiger charge is -2.33. The van der Waals surface area contributed by atoms with Gasteiger partial charge in [0.1, 0.15) is 16.8 Å². The molecule has 454 valence electrons. The highest BCUT2D eigenvalue weighted by Gasteiger charge is 2.30. The summed E-state index contributed by atoms with van der Waals surface area (Å²) >= 11 is 25.2. The molecule has 3 aromatic rings. The quantitative estimate of drug-likeness (QED) is 0.0911. The molecule has 0 aliphatic carbocycles. The monoisotopic (exact) mass is 1290 g/mol. The number of likely N-dealkylation sites (tertiary alicyclic amines) is 3. The van der Waals surface area contributed by atoms with Crippen LogP contribution in [-0.4, -0.2) is 159 Å². The van der Waals surface area contributed by atoms with E-state index < -0.39 is 36.0 Å². The van der Waals surface area contributed by atoms with Crippen molar-refractivity contribution in [2.75, 3.05) is 64.9 Å². The highest BCUT2D eigenvalue weighted by molar-refractivity contribution is 8.13. The number of amides is 3. The van der Waals surface area contributed by atoms with Crippen molar-refractivity contribution in [1.82, 2.24) is 20.0 Å². The molecule has 3 amide bonds. The van der Waals surface area contributed by atoms with Gasteiger partial charge in [-0.15, -0.1) is 36.2 Å². The van der Waals surface area contributed by atoms with Crippen LogP contribution in [0.3, 0.4) is 0 Å². The van der Waals surface area contributed by atoms with Gasteiger partial charge in [-0.1, -0.05) is 34.8 Å². The van der Waals surface area contributed by atoms with Crippen molar-refractivity contribution in [3.63, 3.8) is 0 Å². The lowest BCUT2D eigenvalue weighted by molar-refractivity contribution is 0.00959. The number of thioether (sulfide) groups is 2. The van der Waals surface area contributed by atoms with Crippen molar-refractivity contribution in [3.05, 3.63) is 87.9 Å². The Balaban J connectivity index is 0.000000342. The maximum Gasteiger partial charge on any atom is 0.410 e. The third-order valence-electron chi connectivity index (χ3n) is 11.0. The fourth-order valence-electron chi connectivity index (χ4n) is 7.33. The van der Waals surface area contributed by atoms with E-state index in [1.807, 2.05) is 151 Å². The average Bonchev–Trinajstić information content (AvgIpc) is 3.33. The molecule has 0 unspecified atom stereocenters. The first kappa shape index (κ1) is 73.6. The van der Waals surface area contributed by atoms with Gasteiger partial charge in [0.15, 0.2) is 0 Å². The first-order valence-corrected chi connectivity index (χ1v) is 34.2. The van der Waals surface area contributed by atoms with Gasteiger partial charge in [-0.25, -0.2) is 22.8 Å². The Hall–Kier alpha value is -2.54. The number of nitrogens with zero attached hydrogens (tertiary/aromatic N) is 3. The van der Waals surface area contributed by atoms with Crippen LogP contribution in [0.15, 0.2) is 87.5 Å². The lowest BCUT2D eigenvalue weighted by Crippen LogP contribution is -2.43. The molecule has 0 saturated carbocycles. The number of ether oxygens (including phenoxy) is 3. The van der Waals surface area contributed by atoms with Crippen LogP contribution in [0.25, 0.3) is 0 Å². The van der Waals surface area contributed by atoms with Gasteiger partial charge in [-0.2, -0.15) is 8.42 Å². The van der Waals surface area contributed by atoms with Crippen LogP contribution in [0.5, 0.6) is 0 Å². The molecule has 0 atom stereocenters. The van der Waals surface area contributed by atoms with Crippen molar-refractivity contribution < 1.29 is 54.7 Å². The third-order valence-corrected chi connectivity index (χ3v) is 15.3. The molecule has 25 heteroatoms. The van der Waals surface area contributed by atoms with E-state index in [1.165, 1.54) is 22.6 Å². The average molecular weight is 1300 g/mol. The molecule has 16 nitrogen and oxygen atoms in total. The first-order chi connectivity index (χ1) is 36.9. The number of hydrogen-bond donors (Lipinski definition) is 3. The summed E-state index contributed by atoms with van der Waals surface area (Å²) in [6.07, 6.45) is 7.38. The maximum atomic E-state index is 12.0. The standard InChI is InChI=1S/C16H22ClNO2S.C11H14ClNS.C11H21NO5S.C10H19NO3.C6H5ClS.CH3ClO2S/c1-16(2,3)20-15(19)18-10-8-14(9-11-18)21-13-6-4-12(17)5-7-13;12-9-1-3-10(4-2-9)14-11-5-7-13-8-6-11;1-11(2,3)16-10(13)12-7-5-9(6-8-12)17-18(4,14)15;1-10(2,3)14-9(13)11-6-4-8(12)5-7-11;7-5-1-3-6(8)4-2-5;1-5(2,3)4/h4-7,14H,8-11H2,1-3H3;1-4,11,13H,5-8H2;9H,5-8H2,1-4H3;8,12H,4-7H2,1-3H3;1-4,8H;1H3. The summed E-state index contributed by atoms with van der Waals surface area (Å²) in [6.45, 7) is 22.6. The van der Waals surface area contributed by atoms with Gasteiger partial charge in [0.05, 0.1) is 24.7 Å². The molecular weight excluding hydrogens is 1210 g/mol. The number of aliphatic hydroxyl groups is 1. The Kier molecular flexibility index (Phi) is 32.8. The summed E-state index contributed by atoms with van der Waals surface area (Å²) in [7, 11) is -2.12. The zero-order chi connectivity index (χ0) is 60.5. The minimum Gasteiger partial charge on any atom is -0.444 e. The van der Waals surface area contributed by atoms with Gasteiger partial charge < -0.3 is 39.3 Å². The van der Waals surface area contributed by atoms with Crippen molar-refractivity contribution in [2.45, 2.75) is 168 Å². The SMILES string of the molecule is CC(C)(C)OC(=O)N1CCC(O)CC1.CC(C)(C)OC(=O)N1CCC(OS(C)(=O)=O)CC1.CC(C)(C)OC(=O)N1CCC(Sc2ccc(Cl)cc2)CC1.CS(=O)(=O)Cl.Clc1ccc(SC2CCNCC2)cc1.Sc1ccc(Cl)cc1.